The van der Waals surface area contributed by atoms with E-state index in [1.165, 1.54) is 43.2 Å². The third-order valence-corrected chi connectivity index (χ3v) is 4.24. The number of amides is 1. The third kappa shape index (κ3) is 4.85. The number of unbranched alkanes of at least 4 members (excludes halogenated alkanes) is 5. The summed E-state index contributed by atoms with van der Waals surface area (Å²) in [6.07, 6.45) is 7.54. The van der Waals surface area contributed by atoms with E-state index in [4.69, 9.17) is 0 Å². The van der Waals surface area contributed by atoms with Crippen LogP contribution in [0.5, 0.6) is 0 Å². The van der Waals surface area contributed by atoms with Crippen LogP contribution in [-0.4, -0.2) is 19.0 Å². The molecule has 0 radical (unpaired) electrons. The Morgan fingerprint density at radius 2 is 1.95 bits per heavy atom. The predicted molar refractivity (Wildman–Crippen MR) is 87.3 cm³/mol. The molecule has 0 spiro atoms. The smallest absolute Gasteiger partial charge is 0.228 e. The molecule has 2 N–H and O–H groups in total. The molecule has 0 saturated heterocycles. The van der Waals surface area contributed by atoms with Crippen molar-refractivity contribution in [3.8, 4) is 0 Å². The molecule has 1 atom stereocenters. The highest BCUT2D eigenvalue weighted by molar-refractivity contribution is 5.84. The normalized spacial score (nSPS) is 17.3. The minimum Gasteiger partial charge on any atom is -0.356 e. The van der Waals surface area contributed by atoms with Gasteiger partial charge in [0.15, 0.2) is 0 Å². The number of carbonyl (C=O) groups excluding carboxylic acids is 1. The van der Waals surface area contributed by atoms with Gasteiger partial charge in [0, 0.05) is 19.6 Å². The number of fused-ring (bicyclic) bond motifs is 1. The summed E-state index contributed by atoms with van der Waals surface area (Å²) in [6, 6.07) is 8.26. The van der Waals surface area contributed by atoms with E-state index >= 15 is 0 Å². The van der Waals surface area contributed by atoms with Gasteiger partial charge in [-0.05, 0) is 17.5 Å². The molecule has 2 rings (SSSR count). The van der Waals surface area contributed by atoms with Gasteiger partial charge in [-0.1, -0.05) is 63.3 Å². The highest BCUT2D eigenvalue weighted by atomic mass is 16.1. The van der Waals surface area contributed by atoms with Crippen LogP contribution in [0, 0.1) is 0 Å². The molecule has 0 aromatic heterocycles. The Morgan fingerprint density at radius 1 is 1.19 bits per heavy atom. The first-order valence-electron chi connectivity index (χ1n) is 8.39. The van der Waals surface area contributed by atoms with Crippen LogP contribution in [0.3, 0.4) is 0 Å². The largest absolute Gasteiger partial charge is 0.356 e. The lowest BCUT2D eigenvalue weighted by molar-refractivity contribution is -0.122. The lowest BCUT2D eigenvalue weighted by atomic mass is 9.90. The SMILES string of the molecule is CCCCCCCCNC(=O)C1CNCc2ccccc21. The number of carbonyl (C=O) groups is 1. The quantitative estimate of drug-likeness (QED) is 0.720. The van der Waals surface area contributed by atoms with Gasteiger partial charge in [0.25, 0.3) is 0 Å². The van der Waals surface area contributed by atoms with E-state index < -0.39 is 0 Å². The third-order valence-electron chi connectivity index (χ3n) is 4.24. The number of nitrogens with one attached hydrogen (secondary N) is 2. The van der Waals surface area contributed by atoms with Crippen LogP contribution in [0.1, 0.15) is 62.5 Å². The number of benzene rings is 1. The van der Waals surface area contributed by atoms with Crippen LogP contribution in [0.25, 0.3) is 0 Å². The molecule has 1 unspecified atom stereocenters. The molecule has 3 heteroatoms. The number of hydrogen-bond donors (Lipinski definition) is 2. The minimum absolute atomic E-state index is 0.0324. The molecule has 3 nitrogen and oxygen atoms in total. The lowest BCUT2D eigenvalue weighted by Gasteiger charge is -2.25. The molecule has 0 bridgehead atoms. The van der Waals surface area contributed by atoms with Crippen molar-refractivity contribution in [2.45, 2.75) is 57.9 Å². The average molecular weight is 288 g/mol. The van der Waals surface area contributed by atoms with E-state index in [1.807, 2.05) is 12.1 Å². The fourth-order valence-electron chi connectivity index (χ4n) is 2.97. The van der Waals surface area contributed by atoms with Crippen LogP contribution in [0.2, 0.25) is 0 Å². The molecule has 21 heavy (non-hydrogen) atoms. The van der Waals surface area contributed by atoms with Gasteiger partial charge < -0.3 is 10.6 Å². The van der Waals surface area contributed by atoms with Gasteiger partial charge in [-0.15, -0.1) is 0 Å². The predicted octanol–water partition coefficient (Wildman–Crippen LogP) is 3.35. The van der Waals surface area contributed by atoms with Crippen LogP contribution in [-0.2, 0) is 11.3 Å². The summed E-state index contributed by atoms with van der Waals surface area (Å²) in [7, 11) is 0. The maximum atomic E-state index is 12.3. The number of rotatable bonds is 8. The Hall–Kier alpha value is -1.35. The van der Waals surface area contributed by atoms with E-state index in [0.717, 1.165) is 26.1 Å². The molecular weight excluding hydrogens is 260 g/mol. The maximum Gasteiger partial charge on any atom is 0.228 e. The molecule has 0 fully saturated rings. The molecule has 1 aliphatic rings. The highest BCUT2D eigenvalue weighted by Crippen LogP contribution is 2.23. The lowest BCUT2D eigenvalue weighted by Crippen LogP contribution is -2.39. The molecule has 1 aromatic rings. The van der Waals surface area contributed by atoms with Gasteiger partial charge in [0.1, 0.15) is 0 Å². The van der Waals surface area contributed by atoms with Crippen molar-refractivity contribution in [3.05, 3.63) is 35.4 Å². The van der Waals surface area contributed by atoms with Crippen LogP contribution in [0.4, 0.5) is 0 Å². The second-order valence-electron chi connectivity index (χ2n) is 5.94. The van der Waals surface area contributed by atoms with Gasteiger partial charge in [0.2, 0.25) is 5.91 Å². The van der Waals surface area contributed by atoms with Gasteiger partial charge in [-0.25, -0.2) is 0 Å². The molecule has 1 aliphatic heterocycles. The van der Waals surface area contributed by atoms with Gasteiger partial charge >= 0.3 is 0 Å². The average Bonchev–Trinajstić information content (AvgIpc) is 2.53. The molecule has 1 amide bonds. The van der Waals surface area contributed by atoms with Crippen molar-refractivity contribution in [3.63, 3.8) is 0 Å². The topological polar surface area (TPSA) is 41.1 Å². The summed E-state index contributed by atoms with van der Waals surface area (Å²) in [5.41, 5.74) is 2.44. The van der Waals surface area contributed by atoms with Crippen molar-refractivity contribution in [1.82, 2.24) is 10.6 Å². The first-order valence-corrected chi connectivity index (χ1v) is 8.39. The van der Waals surface area contributed by atoms with E-state index in [2.05, 4.69) is 29.7 Å². The van der Waals surface area contributed by atoms with Crippen LogP contribution < -0.4 is 10.6 Å². The summed E-state index contributed by atoms with van der Waals surface area (Å²) in [6.45, 7) is 4.66. The van der Waals surface area contributed by atoms with Crippen LogP contribution in [0.15, 0.2) is 24.3 Å². The van der Waals surface area contributed by atoms with E-state index in [-0.39, 0.29) is 11.8 Å². The highest BCUT2D eigenvalue weighted by Gasteiger charge is 2.25. The zero-order valence-corrected chi connectivity index (χ0v) is 13.2. The van der Waals surface area contributed by atoms with Crippen molar-refractivity contribution < 1.29 is 4.79 Å². The zero-order chi connectivity index (χ0) is 14.9. The molecule has 0 aliphatic carbocycles. The number of hydrogen-bond acceptors (Lipinski definition) is 2. The van der Waals surface area contributed by atoms with Crippen molar-refractivity contribution >= 4 is 5.91 Å². The van der Waals surface area contributed by atoms with Gasteiger partial charge in [-0.3, -0.25) is 4.79 Å². The fraction of sp³-hybridized carbons (Fsp3) is 0.611. The summed E-state index contributed by atoms with van der Waals surface area (Å²) in [5, 5.41) is 6.44. The van der Waals surface area contributed by atoms with Crippen molar-refractivity contribution in [2.75, 3.05) is 13.1 Å². The van der Waals surface area contributed by atoms with Crippen molar-refractivity contribution in [1.29, 1.82) is 0 Å². The first kappa shape index (κ1) is 16.0. The van der Waals surface area contributed by atoms with Gasteiger partial charge in [-0.2, -0.15) is 0 Å². The van der Waals surface area contributed by atoms with Gasteiger partial charge in [0.05, 0.1) is 5.92 Å². The summed E-state index contributed by atoms with van der Waals surface area (Å²) in [5.74, 6) is 0.137. The molecule has 1 heterocycles. The Balaban J connectivity index is 1.72. The minimum atomic E-state index is -0.0324. The zero-order valence-electron chi connectivity index (χ0n) is 13.2. The summed E-state index contributed by atoms with van der Waals surface area (Å²) < 4.78 is 0. The van der Waals surface area contributed by atoms with Crippen molar-refractivity contribution in [2.24, 2.45) is 0 Å². The Kier molecular flexibility index (Phi) is 6.74. The summed E-state index contributed by atoms with van der Waals surface area (Å²) in [4.78, 5) is 12.3. The monoisotopic (exact) mass is 288 g/mol. The molecule has 1 aromatic carbocycles. The van der Waals surface area contributed by atoms with E-state index in [0.29, 0.717) is 0 Å². The molecule has 0 saturated carbocycles. The van der Waals surface area contributed by atoms with E-state index in [1.54, 1.807) is 0 Å². The Labute approximate surface area is 128 Å². The Morgan fingerprint density at radius 3 is 2.81 bits per heavy atom. The maximum absolute atomic E-state index is 12.3. The molecule has 116 valence electrons. The molecular formula is C18H28N2O. The fourth-order valence-corrected chi connectivity index (χ4v) is 2.97. The Bertz CT molecular complexity index is 445. The van der Waals surface area contributed by atoms with Crippen LogP contribution >= 0.6 is 0 Å². The first-order chi connectivity index (χ1) is 10.3. The second kappa shape index (κ2) is 8.83. The standard InChI is InChI=1S/C18H28N2O/c1-2-3-4-5-6-9-12-20-18(21)17-14-19-13-15-10-7-8-11-16(15)17/h7-8,10-11,17,19H,2-6,9,12-14H2,1H3,(H,20,21). The second-order valence-corrected chi connectivity index (χ2v) is 5.94. The van der Waals surface area contributed by atoms with E-state index in [9.17, 15) is 4.79 Å². The summed E-state index contributed by atoms with van der Waals surface area (Å²) >= 11 is 0.